The van der Waals surface area contributed by atoms with Gasteiger partial charge in [-0.15, -0.1) is 0 Å². The number of nitrogens with zero attached hydrogens (tertiary/aromatic N) is 3. The number of nitrogens with one attached hydrogen (secondary N) is 2. The van der Waals surface area contributed by atoms with Crippen LogP contribution < -0.4 is 15.6 Å². The zero-order chi connectivity index (χ0) is 16.1. The van der Waals surface area contributed by atoms with E-state index in [1.165, 1.54) is 24.5 Å². The Kier molecular flexibility index (Phi) is 4.05. The molecule has 1 aromatic carbocycles. The summed E-state index contributed by atoms with van der Waals surface area (Å²) < 4.78 is 5.53. The number of rotatable bonds is 4. The molecule has 0 aliphatic heterocycles. The highest BCUT2D eigenvalue weighted by atomic mass is 16.5. The number of carbonyl (C=O) groups is 1. The number of amides is 1. The Bertz CT molecular complexity index is 859. The van der Waals surface area contributed by atoms with E-state index in [0.717, 1.165) is 0 Å². The molecule has 0 unspecified atom stereocenters. The average molecular weight is 309 g/mol. The summed E-state index contributed by atoms with van der Waals surface area (Å²) in [5.41, 5.74) is 0.246. The van der Waals surface area contributed by atoms with Gasteiger partial charge in [-0.05, 0) is 18.2 Å². The molecule has 0 aliphatic rings. The van der Waals surface area contributed by atoms with Gasteiger partial charge >= 0.3 is 0 Å². The number of hydrogen-bond acceptors (Lipinski definition) is 6. The van der Waals surface area contributed by atoms with Crippen LogP contribution in [-0.4, -0.2) is 26.1 Å². The Labute approximate surface area is 130 Å². The lowest BCUT2D eigenvalue weighted by atomic mass is 10.3. The molecule has 0 fully saturated rings. The molecule has 2 heterocycles. The number of anilines is 1. The van der Waals surface area contributed by atoms with Crippen molar-refractivity contribution >= 4 is 11.6 Å². The first kappa shape index (κ1) is 14.4. The van der Waals surface area contributed by atoms with Gasteiger partial charge in [-0.25, -0.2) is 10.1 Å². The van der Waals surface area contributed by atoms with Crippen LogP contribution in [0.4, 0.5) is 5.69 Å². The molecule has 3 aromatic rings. The highest BCUT2D eigenvalue weighted by molar-refractivity contribution is 6.02. The molecule has 0 saturated carbocycles. The minimum atomic E-state index is -0.446. The topological polar surface area (TPSA) is 110 Å². The zero-order valence-electron chi connectivity index (χ0n) is 11.8. The van der Waals surface area contributed by atoms with E-state index < -0.39 is 5.91 Å². The molecule has 114 valence electrons. The van der Waals surface area contributed by atoms with Gasteiger partial charge in [0.15, 0.2) is 0 Å². The Hall–Kier alpha value is -3.55. The van der Waals surface area contributed by atoms with E-state index in [2.05, 4.69) is 25.5 Å². The summed E-state index contributed by atoms with van der Waals surface area (Å²) in [5.74, 6) is 0.397. The summed E-state index contributed by atoms with van der Waals surface area (Å²) in [6, 6.07) is 9.36. The van der Waals surface area contributed by atoms with Crippen molar-refractivity contribution in [3.05, 3.63) is 71.0 Å². The molecule has 0 atom stereocenters. The van der Waals surface area contributed by atoms with Gasteiger partial charge in [0.25, 0.3) is 11.5 Å². The summed E-state index contributed by atoms with van der Waals surface area (Å²) in [5, 5.41) is 8.53. The second kappa shape index (κ2) is 6.48. The van der Waals surface area contributed by atoms with Crippen molar-refractivity contribution in [1.29, 1.82) is 0 Å². The van der Waals surface area contributed by atoms with E-state index in [1.54, 1.807) is 30.5 Å². The summed E-state index contributed by atoms with van der Waals surface area (Å²) >= 11 is 0. The van der Waals surface area contributed by atoms with Crippen LogP contribution in [-0.2, 0) is 0 Å². The van der Waals surface area contributed by atoms with Gasteiger partial charge in [0, 0.05) is 30.2 Å². The SMILES string of the molecule is O=C(Nc1cccc(Oc2cnccn2)c1)c1ccc(=O)[nH]n1. The lowest BCUT2D eigenvalue weighted by molar-refractivity contribution is 0.102. The van der Waals surface area contributed by atoms with Gasteiger partial charge < -0.3 is 10.1 Å². The third-order valence-electron chi connectivity index (χ3n) is 2.77. The lowest BCUT2D eigenvalue weighted by Gasteiger charge is -2.07. The van der Waals surface area contributed by atoms with Crippen molar-refractivity contribution in [1.82, 2.24) is 20.2 Å². The third-order valence-corrected chi connectivity index (χ3v) is 2.77. The van der Waals surface area contributed by atoms with Crippen LogP contribution in [0.15, 0.2) is 59.8 Å². The second-order valence-electron chi connectivity index (χ2n) is 4.43. The molecule has 0 aliphatic carbocycles. The van der Waals surface area contributed by atoms with Gasteiger partial charge in [0.05, 0.1) is 6.20 Å². The standard InChI is InChI=1S/C15H11N5O3/c21-13-5-4-12(19-20-13)15(22)18-10-2-1-3-11(8-10)23-14-9-16-6-7-17-14/h1-9H,(H,18,22)(H,20,21). The largest absolute Gasteiger partial charge is 0.437 e. The number of benzene rings is 1. The maximum Gasteiger partial charge on any atom is 0.276 e. The quantitative estimate of drug-likeness (QED) is 0.757. The lowest BCUT2D eigenvalue weighted by Crippen LogP contribution is -2.17. The molecule has 8 nitrogen and oxygen atoms in total. The first-order chi connectivity index (χ1) is 11.2. The van der Waals surface area contributed by atoms with Crippen LogP contribution in [0.5, 0.6) is 11.6 Å². The molecule has 2 aromatic heterocycles. The second-order valence-corrected chi connectivity index (χ2v) is 4.43. The summed E-state index contributed by atoms with van der Waals surface area (Å²) in [7, 11) is 0. The highest BCUT2D eigenvalue weighted by Crippen LogP contribution is 2.22. The van der Waals surface area contributed by atoms with E-state index in [0.29, 0.717) is 17.3 Å². The van der Waals surface area contributed by atoms with Crippen molar-refractivity contribution in [2.75, 3.05) is 5.32 Å². The number of hydrogen-bond donors (Lipinski definition) is 2. The van der Waals surface area contributed by atoms with E-state index in [4.69, 9.17) is 4.74 Å². The Balaban J connectivity index is 1.73. The number of aromatic nitrogens is 4. The van der Waals surface area contributed by atoms with Gasteiger partial charge in [-0.3, -0.25) is 14.6 Å². The smallest absolute Gasteiger partial charge is 0.276 e. The van der Waals surface area contributed by atoms with Crippen molar-refractivity contribution in [2.24, 2.45) is 0 Å². The van der Waals surface area contributed by atoms with Crippen LogP contribution in [0.3, 0.4) is 0 Å². The van der Waals surface area contributed by atoms with Crippen molar-refractivity contribution in [3.8, 4) is 11.6 Å². The minimum absolute atomic E-state index is 0.102. The van der Waals surface area contributed by atoms with Crippen LogP contribution in [0.2, 0.25) is 0 Å². The van der Waals surface area contributed by atoms with Gasteiger partial charge in [0.1, 0.15) is 11.4 Å². The Morgan fingerprint density at radius 2 is 2.09 bits per heavy atom. The normalized spacial score (nSPS) is 10.1. The van der Waals surface area contributed by atoms with E-state index >= 15 is 0 Å². The van der Waals surface area contributed by atoms with Gasteiger partial charge in [-0.2, -0.15) is 5.10 Å². The minimum Gasteiger partial charge on any atom is -0.437 e. The van der Waals surface area contributed by atoms with Crippen LogP contribution in [0, 0.1) is 0 Å². The summed E-state index contributed by atoms with van der Waals surface area (Å²) in [4.78, 5) is 30.9. The number of ether oxygens (including phenoxy) is 1. The third kappa shape index (κ3) is 3.76. The number of aromatic amines is 1. The van der Waals surface area contributed by atoms with E-state index in [1.807, 2.05) is 0 Å². The first-order valence-corrected chi connectivity index (χ1v) is 6.62. The van der Waals surface area contributed by atoms with Crippen LogP contribution in [0.1, 0.15) is 10.5 Å². The fourth-order valence-corrected chi connectivity index (χ4v) is 1.76. The van der Waals surface area contributed by atoms with E-state index in [9.17, 15) is 9.59 Å². The predicted octanol–water partition coefficient (Wildman–Crippen LogP) is 1.60. The van der Waals surface area contributed by atoms with E-state index in [-0.39, 0.29) is 11.3 Å². The summed E-state index contributed by atoms with van der Waals surface area (Å²) in [6.45, 7) is 0. The maximum absolute atomic E-state index is 12.0. The monoisotopic (exact) mass is 309 g/mol. The number of carbonyl (C=O) groups excluding carboxylic acids is 1. The number of H-pyrrole nitrogens is 1. The van der Waals surface area contributed by atoms with Crippen LogP contribution >= 0.6 is 0 Å². The Morgan fingerprint density at radius 3 is 2.83 bits per heavy atom. The summed E-state index contributed by atoms with van der Waals surface area (Å²) in [6.07, 6.45) is 4.54. The maximum atomic E-state index is 12.0. The molecule has 1 amide bonds. The molecule has 0 saturated heterocycles. The molecule has 23 heavy (non-hydrogen) atoms. The fourth-order valence-electron chi connectivity index (χ4n) is 1.76. The Morgan fingerprint density at radius 1 is 1.17 bits per heavy atom. The predicted molar refractivity (Wildman–Crippen MR) is 81.4 cm³/mol. The molecule has 3 rings (SSSR count). The fraction of sp³-hybridized carbons (Fsp3) is 0. The molecular formula is C15H11N5O3. The zero-order valence-corrected chi connectivity index (χ0v) is 11.8. The highest BCUT2D eigenvalue weighted by Gasteiger charge is 2.08. The average Bonchev–Trinajstić information content (AvgIpc) is 2.57. The molecule has 0 bridgehead atoms. The first-order valence-electron chi connectivity index (χ1n) is 6.62. The molecule has 8 heteroatoms. The van der Waals surface area contributed by atoms with Crippen molar-refractivity contribution in [2.45, 2.75) is 0 Å². The molecular weight excluding hydrogens is 298 g/mol. The molecule has 0 spiro atoms. The van der Waals surface area contributed by atoms with Crippen LogP contribution in [0.25, 0.3) is 0 Å². The van der Waals surface area contributed by atoms with Gasteiger partial charge in [-0.1, -0.05) is 6.07 Å². The van der Waals surface area contributed by atoms with Crippen molar-refractivity contribution in [3.63, 3.8) is 0 Å². The van der Waals surface area contributed by atoms with Gasteiger partial charge in [0.2, 0.25) is 5.88 Å². The van der Waals surface area contributed by atoms with Crippen molar-refractivity contribution < 1.29 is 9.53 Å². The molecule has 2 N–H and O–H groups in total. The molecule has 0 radical (unpaired) electrons.